The summed E-state index contributed by atoms with van der Waals surface area (Å²) in [5.41, 5.74) is 1.11. The number of thiophene rings is 1. The molecule has 0 aliphatic rings. The molecule has 0 unspecified atom stereocenters. The van der Waals surface area contributed by atoms with Gasteiger partial charge in [0, 0.05) is 12.1 Å². The van der Waals surface area contributed by atoms with E-state index < -0.39 is 4.92 Å². The van der Waals surface area contributed by atoms with E-state index in [1.807, 2.05) is 17.5 Å². The lowest BCUT2D eigenvalue weighted by Crippen LogP contribution is -2.15. The van der Waals surface area contributed by atoms with E-state index in [0.29, 0.717) is 16.7 Å². The number of nitrogens with one attached hydrogen (secondary N) is 2. The summed E-state index contributed by atoms with van der Waals surface area (Å²) in [6, 6.07) is 8.20. The van der Waals surface area contributed by atoms with Crippen molar-refractivity contribution < 1.29 is 9.72 Å². The Kier molecular flexibility index (Phi) is 5.10. The zero-order chi connectivity index (χ0) is 17.8. The summed E-state index contributed by atoms with van der Waals surface area (Å²) < 4.78 is 0. The number of carbonyl (C=O) groups is 1. The Bertz CT molecular complexity index is 908. The number of carbonyl (C=O) groups excluding carboxylic acids is 1. The Hall–Kier alpha value is -2.72. The molecule has 2 N–H and O–H groups in total. The molecular formula is C15H13N5O3S2. The molecule has 0 bridgehead atoms. The molecule has 0 radical (unpaired) electrons. The standard InChI is InChI=1S/C15H13N5O3S2/c1-9-4-5-10(20(22)23)7-11(9)16-13(21)8-25-15-17-14(18-19-15)12-3-2-6-24-12/h2-7H,8H2,1H3,(H,16,21)(H,17,18,19). The third-order valence-electron chi connectivity index (χ3n) is 3.26. The fourth-order valence-electron chi connectivity index (χ4n) is 2.01. The van der Waals surface area contributed by atoms with Gasteiger partial charge in [-0.3, -0.25) is 20.0 Å². The number of rotatable bonds is 6. The first-order valence-electron chi connectivity index (χ1n) is 7.17. The SMILES string of the molecule is Cc1ccc([N+](=O)[O-])cc1NC(=O)CSc1n[nH]c(-c2cccs2)n1. The van der Waals surface area contributed by atoms with Gasteiger partial charge in [0.2, 0.25) is 11.1 Å². The van der Waals surface area contributed by atoms with Crippen LogP contribution in [0.5, 0.6) is 0 Å². The second-order valence-electron chi connectivity index (χ2n) is 5.04. The van der Waals surface area contributed by atoms with Crippen LogP contribution in [0.3, 0.4) is 0 Å². The molecule has 2 heterocycles. The van der Waals surface area contributed by atoms with E-state index in [-0.39, 0.29) is 17.3 Å². The number of hydrogen-bond donors (Lipinski definition) is 2. The fourth-order valence-corrected chi connectivity index (χ4v) is 3.27. The summed E-state index contributed by atoms with van der Waals surface area (Å²) >= 11 is 2.73. The van der Waals surface area contributed by atoms with Crippen LogP contribution in [0.1, 0.15) is 5.56 Å². The lowest BCUT2D eigenvalue weighted by molar-refractivity contribution is -0.384. The maximum absolute atomic E-state index is 12.1. The maximum Gasteiger partial charge on any atom is 0.271 e. The van der Waals surface area contributed by atoms with Gasteiger partial charge in [0.15, 0.2) is 5.82 Å². The highest BCUT2D eigenvalue weighted by atomic mass is 32.2. The van der Waals surface area contributed by atoms with Crippen molar-refractivity contribution in [1.29, 1.82) is 0 Å². The number of anilines is 1. The average Bonchev–Trinajstić information content (AvgIpc) is 3.26. The van der Waals surface area contributed by atoms with Crippen LogP contribution in [0.25, 0.3) is 10.7 Å². The average molecular weight is 375 g/mol. The fraction of sp³-hybridized carbons (Fsp3) is 0.133. The largest absolute Gasteiger partial charge is 0.325 e. The number of benzene rings is 1. The van der Waals surface area contributed by atoms with Crippen LogP contribution in [-0.4, -0.2) is 31.8 Å². The molecule has 1 amide bonds. The number of hydrogen-bond acceptors (Lipinski definition) is 7. The van der Waals surface area contributed by atoms with Crippen molar-refractivity contribution in [2.24, 2.45) is 0 Å². The van der Waals surface area contributed by atoms with Crippen LogP contribution in [0.15, 0.2) is 40.9 Å². The minimum atomic E-state index is -0.496. The zero-order valence-electron chi connectivity index (χ0n) is 13.1. The van der Waals surface area contributed by atoms with E-state index in [9.17, 15) is 14.9 Å². The predicted molar refractivity (Wildman–Crippen MR) is 96.9 cm³/mol. The van der Waals surface area contributed by atoms with Crippen LogP contribution in [0.4, 0.5) is 11.4 Å². The van der Waals surface area contributed by atoms with Crippen molar-refractivity contribution in [2.75, 3.05) is 11.1 Å². The molecule has 0 saturated heterocycles. The maximum atomic E-state index is 12.1. The molecule has 128 valence electrons. The molecule has 3 rings (SSSR count). The van der Waals surface area contributed by atoms with Gasteiger partial charge in [-0.25, -0.2) is 4.98 Å². The molecule has 8 nitrogen and oxygen atoms in total. The molecule has 0 aliphatic heterocycles. The summed E-state index contributed by atoms with van der Waals surface area (Å²) in [7, 11) is 0. The number of thioether (sulfide) groups is 1. The van der Waals surface area contributed by atoms with Crippen LogP contribution >= 0.6 is 23.1 Å². The van der Waals surface area contributed by atoms with Crippen LogP contribution in [-0.2, 0) is 4.79 Å². The van der Waals surface area contributed by atoms with E-state index in [0.717, 1.165) is 10.4 Å². The van der Waals surface area contributed by atoms with E-state index in [4.69, 9.17) is 0 Å². The molecule has 0 aliphatic carbocycles. The molecule has 0 spiro atoms. The van der Waals surface area contributed by atoms with Crippen molar-refractivity contribution in [3.8, 4) is 10.7 Å². The molecule has 0 saturated carbocycles. The molecule has 0 atom stereocenters. The number of H-pyrrole nitrogens is 1. The molecule has 1 aromatic carbocycles. The number of non-ortho nitro benzene ring substituents is 1. The van der Waals surface area contributed by atoms with Gasteiger partial charge in [0.05, 0.1) is 21.2 Å². The van der Waals surface area contributed by atoms with Crippen molar-refractivity contribution in [2.45, 2.75) is 12.1 Å². The predicted octanol–water partition coefficient (Wildman–Crippen LogP) is 3.48. The first-order chi connectivity index (χ1) is 12.0. The van der Waals surface area contributed by atoms with Gasteiger partial charge in [0.1, 0.15) is 0 Å². The molecular weight excluding hydrogens is 362 g/mol. The van der Waals surface area contributed by atoms with Crippen molar-refractivity contribution in [1.82, 2.24) is 15.2 Å². The van der Waals surface area contributed by atoms with Crippen LogP contribution in [0, 0.1) is 17.0 Å². The summed E-state index contributed by atoms with van der Waals surface area (Å²) in [5.74, 6) is 0.479. The van der Waals surface area contributed by atoms with E-state index in [2.05, 4.69) is 20.5 Å². The van der Waals surface area contributed by atoms with Gasteiger partial charge in [-0.1, -0.05) is 23.9 Å². The van der Waals surface area contributed by atoms with E-state index >= 15 is 0 Å². The number of aryl methyl sites for hydroxylation is 1. The zero-order valence-corrected chi connectivity index (χ0v) is 14.7. The Labute approximate surface area is 150 Å². The highest BCUT2D eigenvalue weighted by Gasteiger charge is 2.13. The number of aromatic nitrogens is 3. The third-order valence-corrected chi connectivity index (χ3v) is 4.98. The lowest BCUT2D eigenvalue weighted by atomic mass is 10.2. The van der Waals surface area contributed by atoms with E-state index in [1.54, 1.807) is 24.3 Å². The molecule has 2 aromatic heterocycles. The van der Waals surface area contributed by atoms with Crippen molar-refractivity contribution in [3.63, 3.8) is 0 Å². The minimum absolute atomic E-state index is 0.0666. The molecule has 10 heteroatoms. The second kappa shape index (κ2) is 7.45. The van der Waals surface area contributed by atoms with Gasteiger partial charge < -0.3 is 5.32 Å². The van der Waals surface area contributed by atoms with Crippen molar-refractivity contribution in [3.05, 3.63) is 51.4 Å². The number of nitro benzene ring substituents is 1. The van der Waals surface area contributed by atoms with Gasteiger partial charge in [-0.2, -0.15) is 0 Å². The first-order valence-corrected chi connectivity index (χ1v) is 9.03. The number of nitro groups is 1. The summed E-state index contributed by atoms with van der Waals surface area (Å²) in [6.07, 6.45) is 0. The van der Waals surface area contributed by atoms with Gasteiger partial charge >= 0.3 is 0 Å². The summed E-state index contributed by atoms with van der Waals surface area (Å²) in [5, 5.41) is 22.8. The summed E-state index contributed by atoms with van der Waals surface area (Å²) in [4.78, 5) is 27.7. The Balaban J connectivity index is 1.60. The Morgan fingerprint density at radius 2 is 2.28 bits per heavy atom. The first kappa shape index (κ1) is 17.1. The van der Waals surface area contributed by atoms with Crippen LogP contribution < -0.4 is 5.32 Å². The van der Waals surface area contributed by atoms with Gasteiger partial charge in [-0.05, 0) is 23.9 Å². The van der Waals surface area contributed by atoms with Crippen LogP contribution in [0.2, 0.25) is 0 Å². The molecule has 25 heavy (non-hydrogen) atoms. The lowest BCUT2D eigenvalue weighted by Gasteiger charge is -2.07. The smallest absolute Gasteiger partial charge is 0.271 e. The molecule has 3 aromatic rings. The van der Waals surface area contributed by atoms with Crippen molar-refractivity contribution >= 4 is 40.4 Å². The summed E-state index contributed by atoms with van der Waals surface area (Å²) in [6.45, 7) is 1.77. The third kappa shape index (κ3) is 4.22. The van der Waals surface area contributed by atoms with E-state index in [1.165, 1.54) is 23.9 Å². The second-order valence-corrected chi connectivity index (χ2v) is 6.93. The normalized spacial score (nSPS) is 10.6. The van der Waals surface area contributed by atoms with Gasteiger partial charge in [-0.15, -0.1) is 16.4 Å². The highest BCUT2D eigenvalue weighted by molar-refractivity contribution is 7.99. The number of amides is 1. The Morgan fingerprint density at radius 3 is 3.00 bits per heavy atom. The minimum Gasteiger partial charge on any atom is -0.325 e. The quantitative estimate of drug-likeness (QED) is 0.387. The number of aromatic amines is 1. The number of nitrogens with zero attached hydrogens (tertiary/aromatic N) is 3. The molecule has 0 fully saturated rings. The monoisotopic (exact) mass is 375 g/mol. The Morgan fingerprint density at radius 1 is 1.44 bits per heavy atom. The van der Waals surface area contributed by atoms with Gasteiger partial charge in [0.25, 0.3) is 5.69 Å². The highest BCUT2D eigenvalue weighted by Crippen LogP contribution is 2.24. The topological polar surface area (TPSA) is 114 Å².